The lowest BCUT2D eigenvalue weighted by molar-refractivity contribution is 0.346. The van der Waals surface area contributed by atoms with E-state index in [1.54, 1.807) is 10.4 Å². The number of hydrogen-bond donors (Lipinski definition) is 1. The Balaban J connectivity index is 2.89. The van der Waals surface area contributed by atoms with Crippen molar-refractivity contribution < 1.29 is 8.42 Å². The van der Waals surface area contributed by atoms with Crippen LogP contribution in [0.25, 0.3) is 0 Å². The summed E-state index contributed by atoms with van der Waals surface area (Å²) in [7, 11) is -3.24. The third-order valence-electron chi connectivity index (χ3n) is 3.18. The van der Waals surface area contributed by atoms with E-state index >= 15 is 0 Å². The second-order valence-electron chi connectivity index (χ2n) is 5.88. The van der Waals surface area contributed by atoms with E-state index in [2.05, 4.69) is 0 Å². The summed E-state index contributed by atoms with van der Waals surface area (Å²) in [6.45, 7) is 8.25. The molecule has 0 bridgehead atoms. The normalized spacial score (nSPS) is 12.6. The average molecular weight is 298 g/mol. The van der Waals surface area contributed by atoms with Gasteiger partial charge in [0, 0.05) is 18.3 Å². The van der Waals surface area contributed by atoms with Crippen LogP contribution in [-0.2, 0) is 16.6 Å². The first kappa shape index (κ1) is 17.0. The Labute approximate surface area is 123 Å². The van der Waals surface area contributed by atoms with Crippen LogP contribution in [0, 0.1) is 5.92 Å². The van der Waals surface area contributed by atoms with Crippen molar-refractivity contribution in [2.45, 2.75) is 46.7 Å². The van der Waals surface area contributed by atoms with Crippen LogP contribution < -0.4 is 5.73 Å². The topological polar surface area (TPSA) is 63.4 Å². The maximum atomic E-state index is 12.5. The number of nitrogens with two attached hydrogens (primary N) is 1. The van der Waals surface area contributed by atoms with E-state index in [1.807, 2.05) is 45.9 Å². The number of rotatable bonds is 7. The maximum absolute atomic E-state index is 12.5. The highest BCUT2D eigenvalue weighted by Gasteiger charge is 2.25. The van der Waals surface area contributed by atoms with Gasteiger partial charge in [-0.15, -0.1) is 0 Å². The minimum Gasteiger partial charge on any atom is -0.399 e. The lowest BCUT2D eigenvalue weighted by Gasteiger charge is -2.26. The molecule has 0 saturated heterocycles. The van der Waals surface area contributed by atoms with Crippen LogP contribution in [0.4, 0.5) is 5.69 Å². The van der Waals surface area contributed by atoms with Crippen LogP contribution in [0.3, 0.4) is 0 Å². The molecule has 0 fully saturated rings. The Kier molecular flexibility index (Phi) is 6.02. The molecule has 114 valence electrons. The molecule has 2 N–H and O–H groups in total. The van der Waals surface area contributed by atoms with E-state index in [1.165, 1.54) is 0 Å². The van der Waals surface area contributed by atoms with Gasteiger partial charge in [-0.1, -0.05) is 26.0 Å². The Morgan fingerprint density at radius 3 is 2.35 bits per heavy atom. The summed E-state index contributed by atoms with van der Waals surface area (Å²) in [5.74, 6) is 0.580. The predicted molar refractivity (Wildman–Crippen MR) is 84.8 cm³/mol. The molecule has 0 amide bonds. The van der Waals surface area contributed by atoms with E-state index in [0.717, 1.165) is 5.56 Å². The molecule has 1 aromatic rings. The largest absolute Gasteiger partial charge is 0.399 e. The second-order valence-corrected chi connectivity index (χ2v) is 7.92. The fourth-order valence-electron chi connectivity index (χ4n) is 1.98. The third-order valence-corrected chi connectivity index (χ3v) is 5.19. The number of anilines is 1. The monoisotopic (exact) mass is 298 g/mol. The molecule has 0 atom stereocenters. The van der Waals surface area contributed by atoms with Crippen LogP contribution in [0.15, 0.2) is 24.3 Å². The smallest absolute Gasteiger partial charge is 0.214 e. The van der Waals surface area contributed by atoms with Crippen molar-refractivity contribution in [3.05, 3.63) is 29.8 Å². The van der Waals surface area contributed by atoms with Gasteiger partial charge in [-0.3, -0.25) is 0 Å². The van der Waals surface area contributed by atoms with Crippen LogP contribution in [0.1, 0.15) is 39.7 Å². The molecule has 20 heavy (non-hydrogen) atoms. The quantitative estimate of drug-likeness (QED) is 0.787. The predicted octanol–water partition coefficient (Wildman–Crippen LogP) is 2.86. The molecule has 0 aliphatic rings. The molecule has 0 radical (unpaired) electrons. The standard InChI is InChI=1S/C15H26N2O2S/c1-12(2)8-9-20(18,19)17(13(3)4)11-14-6-5-7-15(16)10-14/h5-7,10,12-13H,8-9,11,16H2,1-4H3. The molecular formula is C15H26N2O2S. The summed E-state index contributed by atoms with van der Waals surface area (Å²) in [4.78, 5) is 0. The minimum absolute atomic E-state index is 0.0615. The summed E-state index contributed by atoms with van der Waals surface area (Å²) in [5.41, 5.74) is 7.33. The summed E-state index contributed by atoms with van der Waals surface area (Å²) < 4.78 is 26.5. The van der Waals surface area contributed by atoms with Gasteiger partial charge >= 0.3 is 0 Å². The van der Waals surface area contributed by atoms with Gasteiger partial charge in [-0.25, -0.2) is 8.42 Å². The zero-order valence-electron chi connectivity index (χ0n) is 12.8. The lowest BCUT2D eigenvalue weighted by atomic mass is 10.2. The van der Waals surface area contributed by atoms with Crippen LogP contribution >= 0.6 is 0 Å². The van der Waals surface area contributed by atoms with Crippen molar-refractivity contribution in [2.24, 2.45) is 5.92 Å². The Bertz CT molecular complexity index is 524. The summed E-state index contributed by atoms with van der Waals surface area (Å²) >= 11 is 0. The van der Waals surface area contributed by atoms with Gasteiger partial charge in [-0.05, 0) is 43.9 Å². The van der Waals surface area contributed by atoms with Crippen LogP contribution in [0.5, 0.6) is 0 Å². The fourth-order valence-corrected chi connectivity index (χ4v) is 3.97. The van der Waals surface area contributed by atoms with Crippen molar-refractivity contribution in [2.75, 3.05) is 11.5 Å². The highest BCUT2D eigenvalue weighted by Crippen LogP contribution is 2.17. The molecule has 1 rings (SSSR count). The van der Waals surface area contributed by atoms with Gasteiger partial charge in [-0.2, -0.15) is 4.31 Å². The molecule has 0 saturated carbocycles. The van der Waals surface area contributed by atoms with Gasteiger partial charge in [0.2, 0.25) is 10.0 Å². The molecule has 0 unspecified atom stereocenters. The molecular weight excluding hydrogens is 272 g/mol. The Hall–Kier alpha value is -1.07. The highest BCUT2D eigenvalue weighted by molar-refractivity contribution is 7.89. The number of nitrogens with zero attached hydrogens (tertiary/aromatic N) is 1. The number of nitrogen functional groups attached to an aromatic ring is 1. The van der Waals surface area contributed by atoms with Crippen molar-refractivity contribution in [1.29, 1.82) is 0 Å². The molecule has 4 nitrogen and oxygen atoms in total. The highest BCUT2D eigenvalue weighted by atomic mass is 32.2. The molecule has 0 aliphatic heterocycles. The van der Waals surface area contributed by atoms with Crippen molar-refractivity contribution in [3.63, 3.8) is 0 Å². The van der Waals surface area contributed by atoms with E-state index < -0.39 is 10.0 Å². The van der Waals surface area contributed by atoms with Crippen LogP contribution in [-0.4, -0.2) is 24.5 Å². The Morgan fingerprint density at radius 2 is 1.85 bits per heavy atom. The van der Waals surface area contributed by atoms with E-state index in [4.69, 9.17) is 5.73 Å². The van der Waals surface area contributed by atoms with Gasteiger partial charge in [0.05, 0.1) is 5.75 Å². The first-order valence-electron chi connectivity index (χ1n) is 7.06. The SMILES string of the molecule is CC(C)CCS(=O)(=O)N(Cc1cccc(N)c1)C(C)C. The summed E-state index contributed by atoms with van der Waals surface area (Å²) in [6.07, 6.45) is 0.683. The van der Waals surface area contributed by atoms with E-state index in [-0.39, 0.29) is 11.8 Å². The number of benzene rings is 1. The first-order chi connectivity index (χ1) is 9.22. The van der Waals surface area contributed by atoms with Gasteiger partial charge in [0.25, 0.3) is 0 Å². The first-order valence-corrected chi connectivity index (χ1v) is 8.67. The van der Waals surface area contributed by atoms with Gasteiger partial charge < -0.3 is 5.73 Å². The van der Waals surface area contributed by atoms with Crippen molar-refractivity contribution in [3.8, 4) is 0 Å². The van der Waals surface area contributed by atoms with Crippen LogP contribution in [0.2, 0.25) is 0 Å². The van der Waals surface area contributed by atoms with E-state index in [9.17, 15) is 8.42 Å². The second kappa shape index (κ2) is 7.09. The minimum atomic E-state index is -3.24. The average Bonchev–Trinajstić information content (AvgIpc) is 2.33. The Morgan fingerprint density at radius 1 is 1.20 bits per heavy atom. The zero-order chi connectivity index (χ0) is 15.3. The van der Waals surface area contributed by atoms with E-state index in [0.29, 0.717) is 24.6 Å². The summed E-state index contributed by atoms with van der Waals surface area (Å²) in [6, 6.07) is 7.32. The zero-order valence-corrected chi connectivity index (χ0v) is 13.7. The summed E-state index contributed by atoms with van der Waals surface area (Å²) in [5, 5.41) is 0. The molecule has 0 aliphatic carbocycles. The molecule has 0 spiro atoms. The molecule has 5 heteroatoms. The molecule has 1 aromatic carbocycles. The molecule has 0 heterocycles. The maximum Gasteiger partial charge on any atom is 0.214 e. The molecule has 0 aromatic heterocycles. The van der Waals surface area contributed by atoms with Crippen molar-refractivity contribution >= 4 is 15.7 Å². The van der Waals surface area contributed by atoms with Crippen molar-refractivity contribution in [1.82, 2.24) is 4.31 Å². The fraction of sp³-hybridized carbons (Fsp3) is 0.600. The number of sulfonamides is 1. The lowest BCUT2D eigenvalue weighted by Crippen LogP contribution is -2.38. The van der Waals surface area contributed by atoms with Gasteiger partial charge in [0.15, 0.2) is 0 Å². The number of hydrogen-bond acceptors (Lipinski definition) is 3. The van der Waals surface area contributed by atoms with Gasteiger partial charge in [0.1, 0.15) is 0 Å². The third kappa shape index (κ3) is 5.13.